The maximum absolute atomic E-state index is 12.1. The molecule has 1 N–H and O–H groups in total. The first kappa shape index (κ1) is 17.1. The second-order valence-electron chi connectivity index (χ2n) is 5.41. The number of pyridine rings is 1. The number of ether oxygens (including phenoxy) is 2. The van der Waals surface area contributed by atoms with Crippen molar-refractivity contribution in [2.24, 2.45) is 0 Å². The molecule has 0 bridgehead atoms. The molecule has 25 heavy (non-hydrogen) atoms. The zero-order valence-corrected chi connectivity index (χ0v) is 14.4. The van der Waals surface area contributed by atoms with Crippen molar-refractivity contribution in [2.75, 3.05) is 19.0 Å². The average molecular weight is 360 g/mol. The van der Waals surface area contributed by atoms with Gasteiger partial charge in [-0.1, -0.05) is 0 Å². The largest absolute Gasteiger partial charge is 0.465 e. The zero-order chi connectivity index (χ0) is 17.8. The summed E-state index contributed by atoms with van der Waals surface area (Å²) in [6, 6.07) is 3.00. The van der Waals surface area contributed by atoms with Crippen LogP contribution < -0.4 is 5.32 Å². The number of hydrogen-bond donors (Lipinski definition) is 1. The van der Waals surface area contributed by atoms with Crippen molar-refractivity contribution in [3.8, 4) is 0 Å². The third kappa shape index (κ3) is 3.69. The highest BCUT2D eigenvalue weighted by Crippen LogP contribution is 2.39. The van der Waals surface area contributed by atoms with E-state index in [1.54, 1.807) is 0 Å². The van der Waals surface area contributed by atoms with Crippen LogP contribution in [-0.2, 0) is 27.1 Å². The van der Waals surface area contributed by atoms with E-state index in [1.165, 1.54) is 43.0 Å². The quantitative estimate of drug-likeness (QED) is 0.822. The normalized spacial score (nSPS) is 12.4. The molecule has 8 heteroatoms. The molecule has 0 atom stereocenters. The van der Waals surface area contributed by atoms with Crippen molar-refractivity contribution in [3.05, 3.63) is 46.1 Å². The van der Waals surface area contributed by atoms with Crippen LogP contribution in [0.2, 0.25) is 0 Å². The van der Waals surface area contributed by atoms with Crippen LogP contribution in [0.3, 0.4) is 0 Å². The summed E-state index contributed by atoms with van der Waals surface area (Å²) in [6.07, 6.45) is 5.60. The minimum absolute atomic E-state index is 0.313. The second kappa shape index (κ2) is 7.43. The van der Waals surface area contributed by atoms with Crippen LogP contribution >= 0.6 is 11.3 Å². The van der Waals surface area contributed by atoms with Crippen LogP contribution in [0, 0.1) is 0 Å². The number of nitrogens with zero attached hydrogens (tertiary/aromatic N) is 1. The number of carbonyl (C=O) groups is 3. The van der Waals surface area contributed by atoms with E-state index >= 15 is 0 Å². The van der Waals surface area contributed by atoms with Crippen LogP contribution in [0.1, 0.15) is 37.6 Å². The maximum Gasteiger partial charge on any atom is 0.341 e. The number of aromatic nitrogens is 1. The molecule has 0 saturated heterocycles. The van der Waals surface area contributed by atoms with Crippen LogP contribution in [0.25, 0.3) is 0 Å². The molecule has 0 aliphatic heterocycles. The number of carbonyl (C=O) groups excluding carboxylic acids is 3. The van der Waals surface area contributed by atoms with Crippen LogP contribution in [0.4, 0.5) is 5.00 Å². The molecule has 0 radical (unpaired) electrons. The van der Waals surface area contributed by atoms with Gasteiger partial charge in [0.1, 0.15) is 5.00 Å². The Bertz CT molecular complexity index is 816. The van der Waals surface area contributed by atoms with Crippen molar-refractivity contribution in [3.63, 3.8) is 0 Å². The van der Waals surface area contributed by atoms with Gasteiger partial charge in [0.2, 0.25) is 0 Å². The molecule has 0 spiro atoms. The van der Waals surface area contributed by atoms with Gasteiger partial charge in [-0.3, -0.25) is 9.78 Å². The highest BCUT2D eigenvalue weighted by molar-refractivity contribution is 7.17. The molecule has 0 aromatic carbocycles. The van der Waals surface area contributed by atoms with Gasteiger partial charge in [-0.15, -0.1) is 11.3 Å². The van der Waals surface area contributed by atoms with Gasteiger partial charge in [-0.05, 0) is 37.0 Å². The van der Waals surface area contributed by atoms with E-state index in [1.807, 2.05) is 0 Å². The predicted molar refractivity (Wildman–Crippen MR) is 90.8 cm³/mol. The zero-order valence-electron chi connectivity index (χ0n) is 13.5. The fourth-order valence-electron chi connectivity index (χ4n) is 2.68. The Balaban J connectivity index is 1.65. The third-order valence-electron chi connectivity index (χ3n) is 3.81. The molecular formula is C17H16N2O5S. The first-order chi connectivity index (χ1) is 12.1. The summed E-state index contributed by atoms with van der Waals surface area (Å²) in [7, 11) is 1.31. The molecule has 0 unspecified atom stereocenters. The highest BCUT2D eigenvalue weighted by atomic mass is 32.1. The lowest BCUT2D eigenvalue weighted by atomic mass is 10.1. The number of nitrogens with one attached hydrogen (secondary N) is 1. The van der Waals surface area contributed by atoms with Gasteiger partial charge in [-0.2, -0.15) is 0 Å². The smallest absolute Gasteiger partial charge is 0.341 e. The molecule has 2 aromatic heterocycles. The van der Waals surface area contributed by atoms with E-state index in [9.17, 15) is 14.4 Å². The van der Waals surface area contributed by atoms with E-state index in [4.69, 9.17) is 9.47 Å². The van der Waals surface area contributed by atoms with Crippen LogP contribution in [0.15, 0.2) is 24.5 Å². The Kier molecular flexibility index (Phi) is 5.08. The van der Waals surface area contributed by atoms with E-state index in [-0.39, 0.29) is 0 Å². The summed E-state index contributed by atoms with van der Waals surface area (Å²) in [5.41, 5.74) is 1.67. The predicted octanol–water partition coefficient (Wildman–Crippen LogP) is 2.21. The minimum Gasteiger partial charge on any atom is -0.465 e. The van der Waals surface area contributed by atoms with E-state index < -0.39 is 24.5 Å². The lowest BCUT2D eigenvalue weighted by Gasteiger charge is -2.08. The van der Waals surface area contributed by atoms with Gasteiger partial charge < -0.3 is 14.8 Å². The van der Waals surface area contributed by atoms with Crippen molar-refractivity contribution in [1.29, 1.82) is 0 Å². The third-order valence-corrected chi connectivity index (χ3v) is 5.02. The first-order valence-corrected chi connectivity index (χ1v) is 8.51. The molecule has 2 heterocycles. The number of thiophene rings is 1. The summed E-state index contributed by atoms with van der Waals surface area (Å²) in [5.74, 6) is -1.59. The lowest BCUT2D eigenvalue weighted by molar-refractivity contribution is -0.119. The van der Waals surface area contributed by atoms with Gasteiger partial charge in [0, 0.05) is 17.3 Å². The molecule has 1 aliphatic carbocycles. The first-order valence-electron chi connectivity index (χ1n) is 7.70. The molecule has 3 rings (SSSR count). The molecule has 1 amide bonds. The number of anilines is 1. The Morgan fingerprint density at radius 2 is 1.96 bits per heavy atom. The Hall–Kier alpha value is -2.74. The molecule has 1 aliphatic rings. The Morgan fingerprint density at radius 1 is 1.20 bits per heavy atom. The number of aryl methyl sites for hydroxylation is 1. The fraction of sp³-hybridized carbons (Fsp3) is 0.294. The Labute approximate surface area is 148 Å². The number of amides is 1. The standard InChI is InChI=1S/C17H16N2O5S/c1-23-17(22)14-11-3-2-4-12(11)25-15(14)19-13(20)9-24-16(21)10-5-7-18-8-6-10/h5-8H,2-4,9H2,1H3,(H,19,20). The van der Waals surface area contributed by atoms with Crippen molar-refractivity contribution >= 4 is 34.2 Å². The van der Waals surface area contributed by atoms with E-state index in [0.717, 1.165) is 29.7 Å². The summed E-state index contributed by atoms with van der Waals surface area (Å²) >= 11 is 1.37. The van der Waals surface area contributed by atoms with E-state index in [2.05, 4.69) is 10.3 Å². The molecule has 0 saturated carbocycles. The number of hydrogen-bond acceptors (Lipinski definition) is 7. The number of esters is 2. The van der Waals surface area contributed by atoms with Crippen LogP contribution in [-0.4, -0.2) is 36.5 Å². The summed E-state index contributed by atoms with van der Waals surface area (Å²) in [5, 5.41) is 3.10. The lowest BCUT2D eigenvalue weighted by Crippen LogP contribution is -2.21. The van der Waals surface area contributed by atoms with Gasteiger partial charge in [0.25, 0.3) is 5.91 Å². The SMILES string of the molecule is COC(=O)c1c(NC(=O)COC(=O)c2ccncc2)sc2c1CCC2. The van der Waals surface area contributed by atoms with E-state index in [0.29, 0.717) is 16.1 Å². The van der Waals surface area contributed by atoms with Crippen LogP contribution in [0.5, 0.6) is 0 Å². The topological polar surface area (TPSA) is 94.6 Å². The molecule has 7 nitrogen and oxygen atoms in total. The summed E-state index contributed by atoms with van der Waals surface area (Å²) < 4.78 is 9.80. The van der Waals surface area contributed by atoms with Gasteiger partial charge >= 0.3 is 11.9 Å². The van der Waals surface area contributed by atoms with Gasteiger partial charge in [0.15, 0.2) is 6.61 Å². The van der Waals surface area contributed by atoms with Gasteiger partial charge in [-0.25, -0.2) is 9.59 Å². The fourth-order valence-corrected chi connectivity index (χ4v) is 3.97. The Morgan fingerprint density at radius 3 is 2.68 bits per heavy atom. The molecule has 2 aromatic rings. The van der Waals surface area contributed by atoms with Crippen molar-refractivity contribution in [1.82, 2.24) is 4.98 Å². The number of methoxy groups -OCH3 is 1. The number of rotatable bonds is 5. The van der Waals surface area contributed by atoms with Gasteiger partial charge in [0.05, 0.1) is 18.2 Å². The number of fused-ring (bicyclic) bond motifs is 1. The monoisotopic (exact) mass is 360 g/mol. The average Bonchev–Trinajstić information content (AvgIpc) is 3.20. The second-order valence-corrected chi connectivity index (χ2v) is 6.52. The minimum atomic E-state index is -0.612. The maximum atomic E-state index is 12.1. The molecular weight excluding hydrogens is 344 g/mol. The summed E-state index contributed by atoms with van der Waals surface area (Å²) in [4.78, 5) is 40.9. The molecule has 130 valence electrons. The van der Waals surface area contributed by atoms with Crippen molar-refractivity contribution in [2.45, 2.75) is 19.3 Å². The highest BCUT2D eigenvalue weighted by Gasteiger charge is 2.28. The molecule has 0 fully saturated rings. The summed E-state index contributed by atoms with van der Waals surface area (Å²) in [6.45, 7) is -0.440. The van der Waals surface area contributed by atoms with Crippen molar-refractivity contribution < 1.29 is 23.9 Å².